The Labute approximate surface area is 123 Å². The van der Waals surface area contributed by atoms with Crippen molar-refractivity contribution in [3.05, 3.63) is 32.6 Å². The number of aromatic nitrogens is 3. The molecule has 0 spiro atoms. The average molecular weight is 373 g/mol. The number of rotatable bonds is 2. The van der Waals surface area contributed by atoms with Gasteiger partial charge in [0, 0.05) is 12.1 Å². The second-order valence-corrected chi connectivity index (χ2v) is 5.78. The van der Waals surface area contributed by atoms with Crippen molar-refractivity contribution in [1.82, 2.24) is 15.0 Å². The van der Waals surface area contributed by atoms with Gasteiger partial charge in [-0.1, -0.05) is 11.6 Å². The first-order chi connectivity index (χ1) is 8.65. The van der Waals surface area contributed by atoms with Crippen LogP contribution in [0, 0.1) is 3.57 Å². The third-order valence-corrected chi connectivity index (χ3v) is 4.15. The van der Waals surface area contributed by atoms with Crippen LogP contribution in [0.1, 0.15) is 24.5 Å². The maximum atomic E-state index is 5.94. The molecule has 92 valence electrons. The van der Waals surface area contributed by atoms with Gasteiger partial charge in [-0.25, -0.2) is 9.97 Å². The summed E-state index contributed by atoms with van der Waals surface area (Å²) in [7, 11) is 0. The van der Waals surface area contributed by atoms with Crippen LogP contribution in [0.25, 0.3) is 11.5 Å². The van der Waals surface area contributed by atoms with E-state index in [4.69, 9.17) is 17.3 Å². The van der Waals surface area contributed by atoms with Crippen LogP contribution in [-0.2, 0) is 0 Å². The summed E-state index contributed by atoms with van der Waals surface area (Å²) in [5.41, 5.74) is 7.69. The van der Waals surface area contributed by atoms with E-state index in [1.165, 1.54) is 12.8 Å². The summed E-state index contributed by atoms with van der Waals surface area (Å²) in [6.07, 6.45) is 3.95. The summed E-state index contributed by atoms with van der Waals surface area (Å²) in [6, 6.07) is 3.58. The first kappa shape index (κ1) is 12.1. The molecule has 0 bridgehead atoms. The highest BCUT2D eigenvalue weighted by Crippen LogP contribution is 2.42. The van der Waals surface area contributed by atoms with Gasteiger partial charge in [0.1, 0.15) is 11.5 Å². The summed E-state index contributed by atoms with van der Waals surface area (Å²) in [4.78, 5) is 13.1. The van der Waals surface area contributed by atoms with Gasteiger partial charge in [0.05, 0.1) is 14.3 Å². The molecule has 1 saturated carbocycles. The van der Waals surface area contributed by atoms with Crippen molar-refractivity contribution in [2.75, 3.05) is 5.73 Å². The van der Waals surface area contributed by atoms with Crippen LogP contribution in [0.15, 0.2) is 18.3 Å². The smallest absolute Gasteiger partial charge is 0.180 e. The highest BCUT2D eigenvalue weighted by molar-refractivity contribution is 14.1. The molecule has 0 aliphatic heterocycles. The Morgan fingerprint density at radius 1 is 1.28 bits per heavy atom. The molecule has 1 fully saturated rings. The Bertz CT molecular complexity index is 596. The van der Waals surface area contributed by atoms with Crippen LogP contribution < -0.4 is 5.73 Å². The van der Waals surface area contributed by atoms with Crippen LogP contribution in [0.2, 0.25) is 5.02 Å². The van der Waals surface area contributed by atoms with Crippen molar-refractivity contribution in [1.29, 1.82) is 0 Å². The van der Waals surface area contributed by atoms with Crippen molar-refractivity contribution in [2.24, 2.45) is 0 Å². The van der Waals surface area contributed by atoms with Gasteiger partial charge in [0.25, 0.3) is 0 Å². The lowest BCUT2D eigenvalue weighted by Crippen LogP contribution is -2.04. The molecule has 18 heavy (non-hydrogen) atoms. The van der Waals surface area contributed by atoms with Gasteiger partial charge in [0.2, 0.25) is 0 Å². The maximum Gasteiger partial charge on any atom is 0.180 e. The lowest BCUT2D eigenvalue weighted by Gasteiger charge is -2.07. The Morgan fingerprint density at radius 3 is 2.67 bits per heavy atom. The predicted molar refractivity (Wildman–Crippen MR) is 79.4 cm³/mol. The number of pyridine rings is 1. The van der Waals surface area contributed by atoms with Crippen molar-refractivity contribution >= 4 is 40.0 Å². The van der Waals surface area contributed by atoms with Crippen molar-refractivity contribution in [3.63, 3.8) is 0 Å². The van der Waals surface area contributed by atoms with Crippen molar-refractivity contribution in [2.45, 2.75) is 18.8 Å². The third kappa shape index (κ3) is 2.29. The fourth-order valence-electron chi connectivity index (χ4n) is 1.73. The Morgan fingerprint density at radius 2 is 2.06 bits per heavy atom. The van der Waals surface area contributed by atoms with Gasteiger partial charge in [0.15, 0.2) is 5.82 Å². The molecule has 0 aromatic carbocycles. The lowest BCUT2D eigenvalue weighted by molar-refractivity contribution is 0.977. The Hall–Kier alpha value is -0.950. The molecule has 2 heterocycles. The summed E-state index contributed by atoms with van der Waals surface area (Å²) < 4.78 is 0.966. The summed E-state index contributed by atoms with van der Waals surface area (Å²) in [5, 5.41) is 0.597. The van der Waals surface area contributed by atoms with E-state index in [0.717, 1.165) is 9.26 Å². The van der Waals surface area contributed by atoms with E-state index < -0.39 is 0 Å². The maximum absolute atomic E-state index is 5.94. The van der Waals surface area contributed by atoms with E-state index in [1.54, 1.807) is 18.3 Å². The Balaban J connectivity index is 2.09. The van der Waals surface area contributed by atoms with E-state index in [9.17, 15) is 0 Å². The molecule has 0 radical (unpaired) electrons. The van der Waals surface area contributed by atoms with Crippen molar-refractivity contribution < 1.29 is 0 Å². The molecule has 0 amide bonds. The fourth-order valence-corrected chi connectivity index (χ4v) is 2.53. The number of nitrogens with zero attached hydrogens (tertiary/aromatic N) is 3. The minimum Gasteiger partial charge on any atom is -0.383 e. The molecule has 4 nitrogen and oxygen atoms in total. The second kappa shape index (κ2) is 4.62. The molecule has 1 aliphatic rings. The van der Waals surface area contributed by atoms with E-state index in [2.05, 4.69) is 37.5 Å². The molecule has 2 N–H and O–H groups in total. The number of nitrogens with two attached hydrogens (primary N) is 1. The van der Waals surface area contributed by atoms with Crippen molar-refractivity contribution in [3.8, 4) is 11.5 Å². The molecule has 0 saturated heterocycles. The van der Waals surface area contributed by atoms with Gasteiger partial charge >= 0.3 is 0 Å². The van der Waals surface area contributed by atoms with E-state index in [0.29, 0.717) is 28.3 Å². The number of nitrogen functional groups attached to an aromatic ring is 1. The van der Waals surface area contributed by atoms with E-state index in [1.807, 2.05) is 0 Å². The molecule has 3 rings (SSSR count). The molecule has 2 aromatic heterocycles. The largest absolute Gasteiger partial charge is 0.383 e. The van der Waals surface area contributed by atoms with Crippen LogP contribution >= 0.6 is 34.2 Å². The normalized spacial score (nSPS) is 14.8. The predicted octanol–water partition coefficient (Wildman–Crippen LogP) is 3.26. The average Bonchev–Trinajstić information content (AvgIpc) is 3.18. The highest BCUT2D eigenvalue weighted by Gasteiger charge is 2.29. The van der Waals surface area contributed by atoms with Gasteiger partial charge in [-0.3, -0.25) is 4.98 Å². The highest BCUT2D eigenvalue weighted by atomic mass is 127. The van der Waals surface area contributed by atoms with Gasteiger partial charge in [-0.2, -0.15) is 0 Å². The van der Waals surface area contributed by atoms with Crippen LogP contribution in [0.5, 0.6) is 0 Å². The molecule has 1 aliphatic carbocycles. The van der Waals surface area contributed by atoms with E-state index >= 15 is 0 Å². The minimum absolute atomic E-state index is 0.527. The monoisotopic (exact) mass is 372 g/mol. The molecular weight excluding hydrogens is 363 g/mol. The minimum atomic E-state index is 0.527. The molecular formula is C12H10ClIN4. The fraction of sp³-hybridized carbons (Fsp3) is 0.250. The van der Waals surface area contributed by atoms with Gasteiger partial charge < -0.3 is 5.73 Å². The zero-order valence-corrected chi connectivity index (χ0v) is 12.3. The molecule has 0 unspecified atom stereocenters. The number of halogens is 2. The Kier molecular flexibility index (Phi) is 3.11. The molecule has 2 aromatic rings. The third-order valence-electron chi connectivity index (χ3n) is 2.82. The number of anilines is 1. The first-order valence-corrected chi connectivity index (χ1v) is 7.05. The zero-order valence-electron chi connectivity index (χ0n) is 9.40. The quantitative estimate of drug-likeness (QED) is 0.822. The lowest BCUT2D eigenvalue weighted by atomic mass is 10.2. The summed E-state index contributed by atoms with van der Waals surface area (Å²) in [5.74, 6) is 1.64. The zero-order chi connectivity index (χ0) is 12.7. The topological polar surface area (TPSA) is 64.7 Å². The second-order valence-electron chi connectivity index (χ2n) is 4.27. The van der Waals surface area contributed by atoms with Gasteiger partial charge in [-0.05, 0) is 47.6 Å². The molecule has 6 heteroatoms. The number of hydrogen-bond donors (Lipinski definition) is 1. The van der Waals surface area contributed by atoms with Gasteiger partial charge in [-0.15, -0.1) is 0 Å². The van der Waals surface area contributed by atoms with E-state index in [-0.39, 0.29) is 0 Å². The SMILES string of the molecule is Nc1nc(-c2ccc(Cl)cn2)nc(C2CC2)c1I. The van der Waals surface area contributed by atoms with Crippen LogP contribution in [0.3, 0.4) is 0 Å². The summed E-state index contributed by atoms with van der Waals surface area (Å²) in [6.45, 7) is 0. The van der Waals surface area contributed by atoms with Crippen LogP contribution in [-0.4, -0.2) is 15.0 Å². The molecule has 0 atom stereocenters. The number of hydrogen-bond acceptors (Lipinski definition) is 4. The summed E-state index contributed by atoms with van der Waals surface area (Å²) >= 11 is 8.03. The standard InChI is InChI=1S/C12H10ClIN4/c13-7-3-4-8(16-5-7)12-17-10(6-1-2-6)9(14)11(15)18-12/h3-6H,1-2H2,(H2,15,17,18). The first-order valence-electron chi connectivity index (χ1n) is 5.60. The van der Waals surface area contributed by atoms with Crippen LogP contribution in [0.4, 0.5) is 5.82 Å².